The number of hydrogen-bond acceptors (Lipinski definition) is 6. The van der Waals surface area contributed by atoms with Gasteiger partial charge < -0.3 is 5.32 Å². The van der Waals surface area contributed by atoms with Crippen LogP contribution in [0.5, 0.6) is 0 Å². The first-order chi connectivity index (χ1) is 11.2. The van der Waals surface area contributed by atoms with Gasteiger partial charge in [-0.1, -0.05) is 24.3 Å². The minimum Gasteiger partial charge on any atom is -0.368 e. The molecule has 1 aromatic carbocycles. The number of rotatable bonds is 5. The van der Waals surface area contributed by atoms with Gasteiger partial charge in [0.15, 0.2) is 5.69 Å². The average molecular weight is 321 g/mol. The summed E-state index contributed by atoms with van der Waals surface area (Å²) in [5, 5.41) is 22.8. The zero-order valence-electron chi connectivity index (χ0n) is 12.7. The molecule has 0 unspecified atom stereocenters. The smallest absolute Gasteiger partial charge is 0.163 e. The van der Waals surface area contributed by atoms with Crippen LogP contribution in [-0.2, 0) is 6.42 Å². The summed E-state index contributed by atoms with van der Waals surface area (Å²) < 4.78 is 0. The Morgan fingerprint density at radius 1 is 1.13 bits per heavy atom. The van der Waals surface area contributed by atoms with Crippen molar-refractivity contribution in [3.05, 3.63) is 58.0 Å². The molecular formula is C17H15N5S. The van der Waals surface area contributed by atoms with E-state index in [-0.39, 0.29) is 0 Å². The highest BCUT2D eigenvalue weighted by atomic mass is 32.1. The summed E-state index contributed by atoms with van der Waals surface area (Å²) in [6.45, 7) is 2.77. The average Bonchev–Trinajstić information content (AvgIpc) is 3.03. The van der Waals surface area contributed by atoms with E-state index < -0.39 is 0 Å². The molecule has 114 valence electrons. The van der Waals surface area contributed by atoms with Crippen molar-refractivity contribution in [1.82, 2.24) is 15.2 Å². The van der Waals surface area contributed by atoms with E-state index in [1.54, 1.807) is 23.5 Å². The molecular weight excluding hydrogens is 306 g/mol. The zero-order valence-corrected chi connectivity index (χ0v) is 13.5. The van der Waals surface area contributed by atoms with Gasteiger partial charge in [-0.15, -0.1) is 21.5 Å². The van der Waals surface area contributed by atoms with Crippen molar-refractivity contribution in [1.29, 1.82) is 5.26 Å². The molecule has 0 fully saturated rings. The summed E-state index contributed by atoms with van der Waals surface area (Å²) in [4.78, 5) is 4.49. The number of thiazole rings is 1. The summed E-state index contributed by atoms with van der Waals surface area (Å²) in [6.07, 6.45) is 0.887. The predicted molar refractivity (Wildman–Crippen MR) is 91.2 cm³/mol. The summed E-state index contributed by atoms with van der Waals surface area (Å²) in [7, 11) is 0. The second kappa shape index (κ2) is 6.99. The fourth-order valence-electron chi connectivity index (χ4n) is 2.16. The largest absolute Gasteiger partial charge is 0.368 e. The van der Waals surface area contributed by atoms with Crippen LogP contribution < -0.4 is 5.32 Å². The molecule has 0 aliphatic heterocycles. The number of aryl methyl sites for hydroxylation is 1. The highest BCUT2D eigenvalue weighted by Crippen LogP contribution is 2.21. The van der Waals surface area contributed by atoms with E-state index in [9.17, 15) is 0 Å². The maximum atomic E-state index is 8.68. The first-order valence-electron chi connectivity index (χ1n) is 7.24. The molecule has 0 radical (unpaired) electrons. The Kier molecular flexibility index (Phi) is 4.60. The van der Waals surface area contributed by atoms with E-state index in [1.807, 2.05) is 13.0 Å². The van der Waals surface area contributed by atoms with Crippen LogP contribution in [0.3, 0.4) is 0 Å². The number of anilines is 1. The second-order valence-electron chi connectivity index (χ2n) is 5.04. The maximum Gasteiger partial charge on any atom is 0.163 e. The lowest BCUT2D eigenvalue weighted by Gasteiger charge is -2.05. The first kappa shape index (κ1) is 15.1. The fourth-order valence-corrected chi connectivity index (χ4v) is 2.78. The van der Waals surface area contributed by atoms with Gasteiger partial charge in [0.2, 0.25) is 0 Å². The number of benzene rings is 1. The van der Waals surface area contributed by atoms with Crippen molar-refractivity contribution in [3.8, 4) is 17.3 Å². The molecule has 0 spiro atoms. The minimum atomic E-state index is 0.323. The van der Waals surface area contributed by atoms with Crippen LogP contribution in [0.25, 0.3) is 11.3 Å². The molecule has 23 heavy (non-hydrogen) atoms. The molecule has 0 saturated carbocycles. The Hall–Kier alpha value is -2.78. The highest BCUT2D eigenvalue weighted by molar-refractivity contribution is 7.09. The van der Waals surface area contributed by atoms with E-state index >= 15 is 0 Å². The van der Waals surface area contributed by atoms with Crippen molar-refractivity contribution in [2.45, 2.75) is 13.3 Å². The van der Waals surface area contributed by atoms with Crippen LogP contribution >= 0.6 is 11.3 Å². The first-order valence-corrected chi connectivity index (χ1v) is 8.12. The van der Waals surface area contributed by atoms with E-state index in [4.69, 9.17) is 5.26 Å². The van der Waals surface area contributed by atoms with Gasteiger partial charge in [0.25, 0.3) is 0 Å². The lowest BCUT2D eigenvalue weighted by Crippen LogP contribution is -2.07. The summed E-state index contributed by atoms with van der Waals surface area (Å²) in [6, 6.07) is 13.8. The third kappa shape index (κ3) is 3.90. The Labute approximate surface area is 138 Å². The topological polar surface area (TPSA) is 74.5 Å². The van der Waals surface area contributed by atoms with Gasteiger partial charge >= 0.3 is 0 Å². The zero-order chi connectivity index (χ0) is 16.1. The standard InChI is InChI=1S/C17H15N5S/c1-12-20-16(11-23-12)14-4-2-13(3-5-14)8-9-19-17-7-6-15(10-18)21-22-17/h2-7,11H,8-9H2,1H3,(H,19,22). The Morgan fingerprint density at radius 3 is 2.57 bits per heavy atom. The van der Waals surface area contributed by atoms with Crippen LogP contribution in [0.1, 0.15) is 16.3 Å². The predicted octanol–water partition coefficient (Wildman–Crippen LogP) is 3.43. The fraction of sp³-hybridized carbons (Fsp3) is 0.176. The van der Waals surface area contributed by atoms with Crippen LogP contribution in [0.2, 0.25) is 0 Å². The van der Waals surface area contributed by atoms with Crippen molar-refractivity contribution in [2.75, 3.05) is 11.9 Å². The molecule has 0 saturated heterocycles. The van der Waals surface area contributed by atoms with Crippen LogP contribution in [0.15, 0.2) is 41.8 Å². The summed E-state index contributed by atoms with van der Waals surface area (Å²) in [5.74, 6) is 0.679. The van der Waals surface area contributed by atoms with Gasteiger partial charge in [0, 0.05) is 17.5 Å². The molecule has 1 N–H and O–H groups in total. The number of nitrogens with one attached hydrogen (secondary N) is 1. The van der Waals surface area contributed by atoms with Gasteiger partial charge in [-0.25, -0.2) is 4.98 Å². The quantitative estimate of drug-likeness (QED) is 0.779. The van der Waals surface area contributed by atoms with E-state index in [2.05, 4.69) is 50.1 Å². The van der Waals surface area contributed by atoms with Crippen LogP contribution in [-0.4, -0.2) is 21.7 Å². The van der Waals surface area contributed by atoms with Gasteiger partial charge in [-0.3, -0.25) is 0 Å². The van der Waals surface area contributed by atoms with E-state index in [0.29, 0.717) is 11.5 Å². The highest BCUT2D eigenvalue weighted by Gasteiger charge is 2.02. The van der Waals surface area contributed by atoms with Gasteiger partial charge in [-0.05, 0) is 31.0 Å². The van der Waals surface area contributed by atoms with Crippen LogP contribution in [0, 0.1) is 18.3 Å². The Balaban J connectivity index is 1.55. The van der Waals surface area contributed by atoms with E-state index in [1.165, 1.54) is 5.56 Å². The Morgan fingerprint density at radius 2 is 1.96 bits per heavy atom. The van der Waals surface area contributed by atoms with Crippen molar-refractivity contribution >= 4 is 17.2 Å². The molecule has 5 nitrogen and oxygen atoms in total. The third-order valence-electron chi connectivity index (χ3n) is 3.37. The molecule has 0 amide bonds. The molecule has 0 atom stereocenters. The van der Waals surface area contributed by atoms with E-state index in [0.717, 1.165) is 29.2 Å². The molecule has 6 heteroatoms. The monoisotopic (exact) mass is 321 g/mol. The maximum absolute atomic E-state index is 8.68. The Bertz CT molecular complexity index is 815. The van der Waals surface area contributed by atoms with Gasteiger partial charge in [-0.2, -0.15) is 5.26 Å². The molecule has 0 aliphatic carbocycles. The van der Waals surface area contributed by atoms with Crippen molar-refractivity contribution < 1.29 is 0 Å². The molecule has 2 aromatic heterocycles. The number of aromatic nitrogens is 3. The molecule has 3 aromatic rings. The van der Waals surface area contributed by atoms with Gasteiger partial charge in [0.05, 0.1) is 10.7 Å². The molecule has 2 heterocycles. The minimum absolute atomic E-state index is 0.323. The molecule has 0 aliphatic rings. The molecule has 3 rings (SSSR count). The number of hydrogen-bond donors (Lipinski definition) is 1. The second-order valence-corrected chi connectivity index (χ2v) is 6.10. The SMILES string of the molecule is Cc1nc(-c2ccc(CCNc3ccc(C#N)nn3)cc2)cs1. The van der Waals surface area contributed by atoms with Crippen molar-refractivity contribution in [3.63, 3.8) is 0 Å². The summed E-state index contributed by atoms with van der Waals surface area (Å²) >= 11 is 1.66. The lowest BCUT2D eigenvalue weighted by atomic mass is 10.1. The normalized spacial score (nSPS) is 10.3. The number of nitrogens with zero attached hydrogens (tertiary/aromatic N) is 4. The molecule has 0 bridgehead atoms. The lowest BCUT2D eigenvalue weighted by molar-refractivity contribution is 0.959. The van der Waals surface area contributed by atoms with Crippen LogP contribution in [0.4, 0.5) is 5.82 Å². The number of nitriles is 1. The third-order valence-corrected chi connectivity index (χ3v) is 4.14. The van der Waals surface area contributed by atoms with Crippen molar-refractivity contribution in [2.24, 2.45) is 0 Å². The van der Waals surface area contributed by atoms with Gasteiger partial charge in [0.1, 0.15) is 11.9 Å². The summed E-state index contributed by atoms with van der Waals surface area (Å²) in [5.41, 5.74) is 3.74.